The molecule has 2 aromatic heterocycles. The average Bonchev–Trinajstić information content (AvgIpc) is 3.27. The zero-order valence-electron chi connectivity index (χ0n) is 19.6. The molecule has 1 atom stereocenters. The van der Waals surface area contributed by atoms with Crippen molar-refractivity contribution in [3.63, 3.8) is 0 Å². The lowest BCUT2D eigenvalue weighted by atomic mass is 10.1. The molecule has 0 spiro atoms. The highest BCUT2D eigenvalue weighted by atomic mass is 32.2. The van der Waals surface area contributed by atoms with E-state index < -0.39 is 0 Å². The van der Waals surface area contributed by atoms with Crippen molar-refractivity contribution in [2.75, 3.05) is 19.8 Å². The summed E-state index contributed by atoms with van der Waals surface area (Å²) in [5.74, 6) is 1.01. The number of nitrogens with zero attached hydrogens (tertiary/aromatic N) is 4. The number of aromatic nitrogens is 4. The maximum atomic E-state index is 13.0. The van der Waals surface area contributed by atoms with E-state index in [9.17, 15) is 9.59 Å². The van der Waals surface area contributed by atoms with Gasteiger partial charge in [-0.05, 0) is 52.4 Å². The molecule has 7 nitrogen and oxygen atoms in total. The molecule has 170 valence electrons. The molecule has 3 aromatic rings. The number of rotatable bonds is 10. The summed E-state index contributed by atoms with van der Waals surface area (Å²) in [7, 11) is 4.07. The summed E-state index contributed by atoms with van der Waals surface area (Å²) in [4.78, 5) is 30.1. The van der Waals surface area contributed by atoms with Gasteiger partial charge >= 0.3 is 0 Å². The Bertz CT molecular complexity index is 1100. The van der Waals surface area contributed by atoms with Gasteiger partial charge in [-0.25, -0.2) is 0 Å². The molecule has 3 rings (SSSR count). The van der Waals surface area contributed by atoms with Crippen LogP contribution in [0.4, 0.5) is 0 Å². The van der Waals surface area contributed by atoms with Crippen LogP contribution in [-0.4, -0.2) is 56.1 Å². The monoisotopic (exact) mass is 453 g/mol. The van der Waals surface area contributed by atoms with Crippen LogP contribution in [0.5, 0.6) is 0 Å². The summed E-state index contributed by atoms with van der Waals surface area (Å²) in [5, 5.41) is 9.65. The Labute approximate surface area is 193 Å². The van der Waals surface area contributed by atoms with Crippen LogP contribution in [0.15, 0.2) is 35.5 Å². The number of aryl methyl sites for hydroxylation is 1. The zero-order chi connectivity index (χ0) is 23.4. The molecule has 0 radical (unpaired) electrons. The second-order valence-electron chi connectivity index (χ2n) is 8.19. The normalized spacial score (nSPS) is 12.3. The Morgan fingerprint density at radius 2 is 1.84 bits per heavy atom. The van der Waals surface area contributed by atoms with Crippen LogP contribution in [0.2, 0.25) is 0 Å². The summed E-state index contributed by atoms with van der Waals surface area (Å²) in [6, 6.07) is 10.3. The highest BCUT2D eigenvalue weighted by Gasteiger charge is 2.24. The third-order valence-electron chi connectivity index (χ3n) is 5.64. The summed E-state index contributed by atoms with van der Waals surface area (Å²) in [6.07, 6.45) is 0.901. The molecule has 32 heavy (non-hydrogen) atoms. The second-order valence-corrected chi connectivity index (χ2v) is 9.14. The van der Waals surface area contributed by atoms with Crippen molar-refractivity contribution in [3.8, 4) is 0 Å². The van der Waals surface area contributed by atoms with Gasteiger partial charge < -0.3 is 9.55 Å². The minimum atomic E-state index is -0.0569. The molecule has 0 unspecified atom stereocenters. The van der Waals surface area contributed by atoms with Gasteiger partial charge in [0.15, 0.2) is 22.5 Å². The van der Waals surface area contributed by atoms with Gasteiger partial charge in [0.25, 0.3) is 0 Å². The Morgan fingerprint density at radius 3 is 2.41 bits per heavy atom. The average molecular weight is 454 g/mol. The van der Waals surface area contributed by atoms with E-state index in [4.69, 9.17) is 0 Å². The third kappa shape index (κ3) is 5.02. The van der Waals surface area contributed by atoms with Crippen molar-refractivity contribution >= 4 is 23.3 Å². The van der Waals surface area contributed by atoms with E-state index in [-0.39, 0.29) is 23.4 Å². The third-order valence-corrected chi connectivity index (χ3v) is 6.60. The summed E-state index contributed by atoms with van der Waals surface area (Å²) < 4.78 is 2.11. The molecule has 0 aliphatic rings. The molecule has 0 fully saturated rings. The molecule has 2 heterocycles. The maximum absolute atomic E-state index is 13.0. The van der Waals surface area contributed by atoms with Crippen LogP contribution >= 0.6 is 11.8 Å². The SMILES string of the molecule is CC[C@@H](c1nnc(SCC(=O)c2[nH]c(C)c(C(C)=O)c2C)n1Cc1ccccc1)N(C)C. The molecule has 8 heteroatoms. The topological polar surface area (TPSA) is 83.9 Å². The Kier molecular flexibility index (Phi) is 7.69. The number of H-pyrrole nitrogens is 1. The van der Waals surface area contributed by atoms with Crippen molar-refractivity contribution in [1.29, 1.82) is 0 Å². The number of Topliss-reactive ketones (excluding diaryl/α,β-unsaturated/α-hetero) is 2. The predicted octanol–water partition coefficient (Wildman–Crippen LogP) is 4.46. The Morgan fingerprint density at radius 1 is 1.16 bits per heavy atom. The van der Waals surface area contributed by atoms with Crippen LogP contribution in [0, 0.1) is 13.8 Å². The maximum Gasteiger partial charge on any atom is 0.192 e. The van der Waals surface area contributed by atoms with Gasteiger partial charge in [-0.15, -0.1) is 10.2 Å². The van der Waals surface area contributed by atoms with Crippen molar-refractivity contribution in [3.05, 3.63) is 64.2 Å². The molecular weight excluding hydrogens is 422 g/mol. The molecule has 0 bridgehead atoms. The highest BCUT2D eigenvalue weighted by molar-refractivity contribution is 7.99. The van der Waals surface area contributed by atoms with Gasteiger partial charge in [-0.2, -0.15) is 0 Å². The van der Waals surface area contributed by atoms with Crippen molar-refractivity contribution in [2.45, 2.75) is 51.9 Å². The van der Waals surface area contributed by atoms with E-state index in [2.05, 4.69) is 43.7 Å². The summed E-state index contributed by atoms with van der Waals surface area (Å²) in [5.41, 5.74) is 3.69. The number of nitrogens with one attached hydrogen (secondary N) is 1. The lowest BCUT2D eigenvalue weighted by Gasteiger charge is -2.23. The molecule has 0 amide bonds. The first-order valence-corrected chi connectivity index (χ1v) is 11.7. The lowest BCUT2D eigenvalue weighted by Crippen LogP contribution is -2.23. The molecule has 0 saturated carbocycles. The number of carbonyl (C=O) groups excluding carboxylic acids is 2. The van der Waals surface area contributed by atoms with E-state index in [1.54, 1.807) is 0 Å². The number of hydrogen-bond donors (Lipinski definition) is 1. The van der Waals surface area contributed by atoms with Gasteiger partial charge in [-0.1, -0.05) is 49.0 Å². The Balaban J connectivity index is 1.88. The van der Waals surface area contributed by atoms with Gasteiger partial charge in [0.05, 0.1) is 24.0 Å². The van der Waals surface area contributed by atoms with E-state index in [1.807, 2.05) is 46.1 Å². The standard InChI is InChI=1S/C24H31N5O2S/c1-7-19(28(5)6)23-26-27-24(29(23)13-18-11-9-8-10-12-18)32-14-20(31)22-15(2)21(17(4)30)16(3)25-22/h8-12,19,25H,7,13-14H2,1-6H3/t19-/m0/s1. The van der Waals surface area contributed by atoms with E-state index in [0.717, 1.165) is 23.5 Å². The fourth-order valence-electron chi connectivity index (χ4n) is 4.11. The fourth-order valence-corrected chi connectivity index (χ4v) is 4.92. The molecule has 0 aliphatic heterocycles. The minimum absolute atomic E-state index is 0.0375. The molecule has 0 saturated heterocycles. The van der Waals surface area contributed by atoms with Crippen LogP contribution in [-0.2, 0) is 6.54 Å². The van der Waals surface area contributed by atoms with Crippen LogP contribution in [0.25, 0.3) is 0 Å². The minimum Gasteiger partial charge on any atom is -0.355 e. The van der Waals surface area contributed by atoms with E-state index in [1.165, 1.54) is 18.7 Å². The van der Waals surface area contributed by atoms with Gasteiger partial charge in [0.2, 0.25) is 0 Å². The zero-order valence-corrected chi connectivity index (χ0v) is 20.4. The summed E-state index contributed by atoms with van der Waals surface area (Å²) in [6.45, 7) is 7.93. The fraction of sp³-hybridized carbons (Fsp3) is 0.417. The first-order valence-electron chi connectivity index (χ1n) is 10.7. The van der Waals surface area contributed by atoms with Crippen LogP contribution in [0.1, 0.15) is 69.8 Å². The number of thioether (sulfide) groups is 1. The smallest absolute Gasteiger partial charge is 0.192 e. The first-order chi connectivity index (χ1) is 15.2. The number of ketones is 2. The first kappa shape index (κ1) is 23.9. The number of aromatic amines is 1. The van der Waals surface area contributed by atoms with E-state index in [0.29, 0.717) is 28.5 Å². The van der Waals surface area contributed by atoms with Crippen molar-refractivity contribution in [1.82, 2.24) is 24.6 Å². The molecular formula is C24H31N5O2S. The lowest BCUT2D eigenvalue weighted by molar-refractivity contribution is 0.101. The van der Waals surface area contributed by atoms with Gasteiger partial charge in [-0.3, -0.25) is 14.5 Å². The van der Waals surface area contributed by atoms with Gasteiger partial charge in [0, 0.05) is 11.3 Å². The van der Waals surface area contributed by atoms with E-state index >= 15 is 0 Å². The van der Waals surface area contributed by atoms with Crippen LogP contribution in [0.3, 0.4) is 0 Å². The highest BCUT2D eigenvalue weighted by Crippen LogP contribution is 2.27. The largest absolute Gasteiger partial charge is 0.355 e. The number of hydrogen-bond acceptors (Lipinski definition) is 6. The molecule has 1 N–H and O–H groups in total. The summed E-state index contributed by atoms with van der Waals surface area (Å²) >= 11 is 1.38. The Hall–Kier alpha value is -2.71. The van der Waals surface area contributed by atoms with Gasteiger partial charge in [0.1, 0.15) is 0 Å². The van der Waals surface area contributed by atoms with Crippen LogP contribution < -0.4 is 0 Å². The quantitative estimate of drug-likeness (QED) is 0.360. The number of carbonyl (C=O) groups is 2. The predicted molar refractivity (Wildman–Crippen MR) is 128 cm³/mol. The van der Waals surface area contributed by atoms with Crippen molar-refractivity contribution in [2.24, 2.45) is 0 Å². The molecule has 0 aliphatic carbocycles. The number of benzene rings is 1. The second kappa shape index (κ2) is 10.3. The van der Waals surface area contributed by atoms with Crippen molar-refractivity contribution < 1.29 is 9.59 Å². The molecule has 1 aromatic carbocycles.